The van der Waals surface area contributed by atoms with Crippen molar-refractivity contribution in [2.45, 2.75) is 19.3 Å². The standard InChI is InChI=1S/C12H16N2O2S2/c1-12(2)9-7-8(13-18(4,15)16)5-6-10(9)14(3)11(12)17/h5-7,13H,1-4H3. The summed E-state index contributed by atoms with van der Waals surface area (Å²) >= 11 is 5.42. The topological polar surface area (TPSA) is 49.4 Å². The Bertz CT molecular complexity index is 621. The number of sulfonamides is 1. The maximum absolute atomic E-state index is 11.2. The van der Waals surface area contributed by atoms with Crippen LogP contribution >= 0.6 is 12.2 Å². The number of anilines is 2. The van der Waals surface area contributed by atoms with E-state index in [4.69, 9.17) is 12.2 Å². The van der Waals surface area contributed by atoms with Crippen molar-refractivity contribution < 1.29 is 8.42 Å². The molecule has 0 saturated carbocycles. The number of rotatable bonds is 2. The fourth-order valence-corrected chi connectivity index (χ4v) is 3.01. The zero-order valence-electron chi connectivity index (χ0n) is 10.8. The van der Waals surface area contributed by atoms with E-state index in [9.17, 15) is 8.42 Å². The molecule has 0 radical (unpaired) electrons. The number of hydrogen-bond donors (Lipinski definition) is 1. The summed E-state index contributed by atoms with van der Waals surface area (Å²) in [7, 11) is -1.33. The minimum atomic E-state index is -3.26. The summed E-state index contributed by atoms with van der Waals surface area (Å²) in [6, 6.07) is 5.50. The third kappa shape index (κ3) is 2.10. The lowest BCUT2D eigenvalue weighted by molar-refractivity contribution is 0.607. The average Bonchev–Trinajstić information content (AvgIpc) is 2.39. The Balaban J connectivity index is 2.52. The second kappa shape index (κ2) is 3.93. The van der Waals surface area contributed by atoms with E-state index >= 15 is 0 Å². The molecule has 0 aliphatic carbocycles. The quantitative estimate of drug-likeness (QED) is 0.845. The van der Waals surface area contributed by atoms with Gasteiger partial charge in [0.05, 0.1) is 11.2 Å². The van der Waals surface area contributed by atoms with Gasteiger partial charge in [0.25, 0.3) is 0 Å². The molecular formula is C12H16N2O2S2. The molecule has 0 aromatic heterocycles. The van der Waals surface area contributed by atoms with Crippen molar-refractivity contribution >= 4 is 38.6 Å². The molecule has 1 aliphatic rings. The summed E-state index contributed by atoms with van der Waals surface area (Å²) in [5, 5.41) is 0. The lowest BCUT2D eigenvalue weighted by Crippen LogP contribution is -2.31. The zero-order chi connectivity index (χ0) is 13.7. The molecule has 0 amide bonds. The first-order valence-corrected chi connectivity index (χ1v) is 7.83. The van der Waals surface area contributed by atoms with Crippen LogP contribution in [0.15, 0.2) is 18.2 Å². The van der Waals surface area contributed by atoms with Gasteiger partial charge in [0.1, 0.15) is 0 Å². The summed E-state index contributed by atoms with van der Waals surface area (Å²) in [6.07, 6.45) is 1.14. The molecule has 0 fully saturated rings. The van der Waals surface area contributed by atoms with Gasteiger partial charge in [-0.15, -0.1) is 0 Å². The summed E-state index contributed by atoms with van der Waals surface area (Å²) < 4.78 is 25.0. The maximum atomic E-state index is 11.2. The summed E-state index contributed by atoms with van der Waals surface area (Å²) in [5.41, 5.74) is 2.39. The Morgan fingerprint density at radius 3 is 2.50 bits per heavy atom. The van der Waals surface area contributed by atoms with Crippen LogP contribution in [0.3, 0.4) is 0 Å². The summed E-state index contributed by atoms with van der Waals surface area (Å²) in [4.78, 5) is 2.81. The molecule has 0 saturated heterocycles. The van der Waals surface area contributed by atoms with E-state index in [0.29, 0.717) is 5.69 Å². The Hall–Kier alpha value is -1.14. The van der Waals surface area contributed by atoms with Crippen LogP contribution in [0.4, 0.5) is 11.4 Å². The van der Waals surface area contributed by atoms with Gasteiger partial charge in [0, 0.05) is 23.8 Å². The SMILES string of the molecule is CN1C(=S)C(C)(C)c2cc(NS(C)(=O)=O)ccc21. The molecule has 0 atom stereocenters. The van der Waals surface area contributed by atoms with Gasteiger partial charge in [-0.1, -0.05) is 12.2 Å². The molecule has 1 N–H and O–H groups in total. The van der Waals surface area contributed by atoms with Gasteiger partial charge >= 0.3 is 0 Å². The molecule has 4 nitrogen and oxygen atoms in total. The minimum Gasteiger partial charge on any atom is -0.338 e. The number of fused-ring (bicyclic) bond motifs is 1. The predicted molar refractivity (Wildman–Crippen MR) is 78.9 cm³/mol. The van der Waals surface area contributed by atoms with Gasteiger partial charge in [-0.2, -0.15) is 0 Å². The molecule has 0 unspecified atom stereocenters. The van der Waals surface area contributed by atoms with Crippen LogP contribution < -0.4 is 9.62 Å². The van der Waals surface area contributed by atoms with Gasteiger partial charge < -0.3 is 4.90 Å². The summed E-state index contributed by atoms with van der Waals surface area (Å²) in [6.45, 7) is 4.09. The van der Waals surface area contributed by atoms with Crippen molar-refractivity contribution in [3.8, 4) is 0 Å². The van der Waals surface area contributed by atoms with Crippen molar-refractivity contribution in [1.29, 1.82) is 0 Å². The van der Waals surface area contributed by atoms with Gasteiger partial charge in [-0.05, 0) is 37.6 Å². The Morgan fingerprint density at radius 2 is 1.94 bits per heavy atom. The predicted octanol–water partition coefficient (Wildman–Crippen LogP) is 2.11. The maximum Gasteiger partial charge on any atom is 0.229 e. The second-order valence-electron chi connectivity index (χ2n) is 5.10. The largest absolute Gasteiger partial charge is 0.338 e. The average molecular weight is 284 g/mol. The van der Waals surface area contributed by atoms with E-state index in [1.165, 1.54) is 0 Å². The number of thiocarbonyl (C=S) groups is 1. The van der Waals surface area contributed by atoms with Crippen molar-refractivity contribution in [2.75, 3.05) is 22.9 Å². The third-order valence-electron chi connectivity index (χ3n) is 3.17. The molecule has 1 heterocycles. The molecule has 1 aromatic rings. The second-order valence-corrected chi connectivity index (χ2v) is 7.23. The first kappa shape index (κ1) is 13.3. The van der Waals surface area contributed by atoms with Crippen molar-refractivity contribution in [2.24, 2.45) is 0 Å². The highest BCUT2D eigenvalue weighted by Crippen LogP contribution is 2.42. The van der Waals surface area contributed by atoms with Crippen LogP contribution in [0, 0.1) is 0 Å². The molecule has 1 aliphatic heterocycles. The van der Waals surface area contributed by atoms with Crippen LogP contribution in [0.25, 0.3) is 0 Å². The highest BCUT2D eigenvalue weighted by molar-refractivity contribution is 7.92. The van der Waals surface area contributed by atoms with Crippen LogP contribution in [0.5, 0.6) is 0 Å². The first-order valence-electron chi connectivity index (χ1n) is 5.53. The molecule has 2 rings (SSSR count). The number of likely N-dealkylation sites (N-methyl/N-ethyl adjacent to an activating group) is 1. The van der Waals surface area contributed by atoms with Crippen molar-refractivity contribution in [1.82, 2.24) is 0 Å². The van der Waals surface area contributed by atoms with E-state index in [-0.39, 0.29) is 5.41 Å². The third-order valence-corrected chi connectivity index (χ3v) is 4.56. The highest BCUT2D eigenvalue weighted by Gasteiger charge is 2.38. The number of benzene rings is 1. The fraction of sp³-hybridized carbons (Fsp3) is 0.417. The van der Waals surface area contributed by atoms with Gasteiger partial charge in [-0.3, -0.25) is 4.72 Å². The van der Waals surface area contributed by atoms with E-state index in [0.717, 1.165) is 22.5 Å². The van der Waals surface area contributed by atoms with E-state index < -0.39 is 10.0 Å². The fourth-order valence-electron chi connectivity index (χ4n) is 2.25. The zero-order valence-corrected chi connectivity index (χ0v) is 12.4. The van der Waals surface area contributed by atoms with Gasteiger partial charge in [0.15, 0.2) is 0 Å². The Labute approximate surface area is 113 Å². The molecule has 98 valence electrons. The van der Waals surface area contributed by atoms with Crippen molar-refractivity contribution in [3.63, 3.8) is 0 Å². The molecule has 6 heteroatoms. The molecule has 1 aromatic carbocycles. The Kier molecular flexibility index (Phi) is 2.90. The van der Waals surface area contributed by atoms with Crippen molar-refractivity contribution in [3.05, 3.63) is 23.8 Å². The summed E-state index contributed by atoms with van der Waals surface area (Å²) in [5.74, 6) is 0. The normalized spacial score (nSPS) is 17.8. The lowest BCUT2D eigenvalue weighted by Gasteiger charge is -2.20. The minimum absolute atomic E-state index is 0.255. The van der Waals surface area contributed by atoms with Gasteiger partial charge in [0.2, 0.25) is 10.0 Å². The number of nitrogens with one attached hydrogen (secondary N) is 1. The van der Waals surface area contributed by atoms with Gasteiger partial charge in [-0.25, -0.2) is 8.42 Å². The molecular weight excluding hydrogens is 268 g/mol. The smallest absolute Gasteiger partial charge is 0.229 e. The molecule has 0 bridgehead atoms. The number of nitrogens with zero attached hydrogens (tertiary/aromatic N) is 1. The molecule has 18 heavy (non-hydrogen) atoms. The van der Waals surface area contributed by atoms with Crippen LogP contribution in [-0.2, 0) is 15.4 Å². The molecule has 0 spiro atoms. The van der Waals surface area contributed by atoms with Crippen LogP contribution in [0.1, 0.15) is 19.4 Å². The highest BCUT2D eigenvalue weighted by atomic mass is 32.2. The number of hydrogen-bond acceptors (Lipinski definition) is 3. The first-order chi connectivity index (χ1) is 8.13. The van der Waals surface area contributed by atoms with E-state index in [2.05, 4.69) is 4.72 Å². The lowest BCUT2D eigenvalue weighted by atomic mass is 9.86. The van der Waals surface area contributed by atoms with Crippen LogP contribution in [0.2, 0.25) is 0 Å². The van der Waals surface area contributed by atoms with Crippen LogP contribution in [-0.4, -0.2) is 26.7 Å². The monoisotopic (exact) mass is 284 g/mol. The van der Waals surface area contributed by atoms with E-state index in [1.54, 1.807) is 6.07 Å². The van der Waals surface area contributed by atoms with E-state index in [1.807, 2.05) is 37.9 Å². The Morgan fingerprint density at radius 1 is 1.33 bits per heavy atom.